The van der Waals surface area contributed by atoms with E-state index in [9.17, 15) is 4.79 Å². The van der Waals surface area contributed by atoms with Crippen molar-refractivity contribution in [2.24, 2.45) is 5.92 Å². The lowest BCUT2D eigenvalue weighted by atomic mass is 10.00. The smallest absolute Gasteiger partial charge is 0.308 e. The molecule has 2 N–H and O–H groups in total. The van der Waals surface area contributed by atoms with Crippen LogP contribution in [0.25, 0.3) is 1.43 Å². The SMILES string of the molecule is [2H]OC(=O)C(CNOCc1ccccc1)Cc1ccccc1. The molecule has 21 heavy (non-hydrogen) atoms. The number of hydrogen-bond acceptors (Lipinski definition) is 4. The van der Waals surface area contributed by atoms with Gasteiger partial charge < -0.3 is 5.11 Å². The molecule has 0 aliphatic rings. The van der Waals surface area contributed by atoms with Crippen LogP contribution in [0.2, 0.25) is 0 Å². The number of rotatable bonds is 8. The van der Waals surface area contributed by atoms with E-state index in [1.165, 1.54) is 0 Å². The number of carboxylic acid groups (broad SMARTS) is 1. The summed E-state index contributed by atoms with van der Waals surface area (Å²) in [5.74, 6) is -1.03. The van der Waals surface area contributed by atoms with Crippen molar-refractivity contribution in [3.8, 4) is 0 Å². The summed E-state index contributed by atoms with van der Waals surface area (Å²) in [6.07, 6.45) is 0.500. The Bertz CT molecular complexity index is 563. The molecular weight excluding hydrogens is 266 g/mol. The zero-order valence-electron chi connectivity index (χ0n) is 12.7. The Morgan fingerprint density at radius 1 is 1.10 bits per heavy atom. The molecule has 110 valence electrons. The Labute approximate surface area is 125 Å². The molecule has 0 saturated carbocycles. The first-order chi connectivity index (χ1) is 10.8. The molecule has 0 radical (unpaired) electrons. The number of hydroxylamine groups is 1. The highest BCUT2D eigenvalue weighted by Gasteiger charge is 2.17. The van der Waals surface area contributed by atoms with Crippen molar-refractivity contribution in [2.75, 3.05) is 6.54 Å². The number of benzene rings is 2. The van der Waals surface area contributed by atoms with Gasteiger partial charge in [-0.3, -0.25) is 9.63 Å². The molecule has 0 saturated heterocycles. The van der Waals surface area contributed by atoms with Crippen LogP contribution in [0.3, 0.4) is 0 Å². The van der Waals surface area contributed by atoms with Gasteiger partial charge >= 0.3 is 5.97 Å². The van der Waals surface area contributed by atoms with E-state index >= 15 is 0 Å². The molecule has 4 nitrogen and oxygen atoms in total. The molecule has 0 fully saturated rings. The molecule has 0 amide bonds. The first-order valence-electron chi connectivity index (χ1n) is 7.30. The fraction of sp³-hybridized carbons (Fsp3) is 0.235. The van der Waals surface area contributed by atoms with Crippen molar-refractivity contribution < 1.29 is 14.7 Å². The molecule has 2 aromatic carbocycles. The Hall–Kier alpha value is -2.17. The molecule has 0 aliphatic carbocycles. The van der Waals surface area contributed by atoms with Gasteiger partial charge in [-0.1, -0.05) is 60.7 Å². The molecule has 4 heteroatoms. The molecule has 0 aromatic heterocycles. The second kappa shape index (κ2) is 8.19. The summed E-state index contributed by atoms with van der Waals surface area (Å²) in [6, 6.07) is 19.4. The number of carboxylic acids is 1. The van der Waals surface area contributed by atoms with Crippen LogP contribution in [-0.2, 0) is 22.7 Å². The predicted molar refractivity (Wildman–Crippen MR) is 80.5 cm³/mol. The summed E-state index contributed by atoms with van der Waals surface area (Å²) in [5, 5.41) is 4.12. The van der Waals surface area contributed by atoms with Crippen LogP contribution < -0.4 is 5.48 Å². The van der Waals surface area contributed by atoms with Crippen LogP contribution in [0.1, 0.15) is 11.1 Å². The van der Waals surface area contributed by atoms with Crippen molar-refractivity contribution in [1.82, 2.24) is 5.48 Å². The minimum atomic E-state index is -0.570. The molecule has 0 heterocycles. The standard InChI is InChI=1S/C17H19NO3/c19-17(20)16(11-14-7-3-1-4-8-14)12-18-21-13-15-9-5-2-6-10-15/h1-10,16,18H,11-13H2,(H,19,20)/i/hD. The van der Waals surface area contributed by atoms with Crippen LogP contribution in [0.5, 0.6) is 0 Å². The second-order valence-corrected chi connectivity index (χ2v) is 4.83. The van der Waals surface area contributed by atoms with E-state index in [1.807, 2.05) is 60.7 Å². The Morgan fingerprint density at radius 3 is 2.33 bits per heavy atom. The molecular formula is C17H19NO3. The van der Waals surface area contributed by atoms with Crippen molar-refractivity contribution in [3.05, 3.63) is 71.8 Å². The highest BCUT2D eigenvalue weighted by molar-refractivity contribution is 5.70. The summed E-state index contributed by atoms with van der Waals surface area (Å²) in [7, 11) is 0. The van der Waals surface area contributed by atoms with Crippen LogP contribution in [0, 0.1) is 5.92 Å². The first kappa shape index (κ1) is 13.8. The maximum absolute atomic E-state index is 11.7. The van der Waals surface area contributed by atoms with Gasteiger partial charge in [-0.25, -0.2) is 5.48 Å². The summed E-state index contributed by atoms with van der Waals surface area (Å²) in [5.41, 5.74) is 4.84. The molecule has 2 rings (SSSR count). The molecule has 0 spiro atoms. The summed E-state index contributed by atoms with van der Waals surface area (Å²) < 4.78 is 6.80. The highest BCUT2D eigenvalue weighted by atomic mass is 16.6. The van der Waals surface area contributed by atoms with Gasteiger partial charge in [0, 0.05) is 6.54 Å². The fourth-order valence-electron chi connectivity index (χ4n) is 2.01. The second-order valence-electron chi connectivity index (χ2n) is 4.83. The predicted octanol–water partition coefficient (Wildman–Crippen LogP) is 2.65. The van der Waals surface area contributed by atoms with E-state index in [2.05, 4.69) is 10.6 Å². The fourth-order valence-corrected chi connectivity index (χ4v) is 2.01. The van der Waals surface area contributed by atoms with Crippen LogP contribution in [0.15, 0.2) is 60.7 Å². The Kier molecular flexibility index (Phi) is 5.38. The average Bonchev–Trinajstić information content (AvgIpc) is 2.58. The van der Waals surface area contributed by atoms with Crippen molar-refractivity contribution in [1.29, 1.82) is 1.43 Å². The van der Waals surface area contributed by atoms with Gasteiger partial charge in [0.2, 0.25) is 0 Å². The van der Waals surface area contributed by atoms with Crippen molar-refractivity contribution in [3.63, 3.8) is 0 Å². The normalized spacial score (nSPS) is 12.5. The van der Waals surface area contributed by atoms with E-state index < -0.39 is 11.9 Å². The van der Waals surface area contributed by atoms with Crippen molar-refractivity contribution in [2.45, 2.75) is 13.0 Å². The maximum atomic E-state index is 11.7. The molecule has 2 aromatic rings. The summed E-state index contributed by atoms with van der Waals surface area (Å²) >= 11 is 0. The molecule has 1 atom stereocenters. The largest absolute Gasteiger partial charge is 0.481 e. The Morgan fingerprint density at radius 2 is 1.71 bits per heavy atom. The van der Waals surface area contributed by atoms with Gasteiger partial charge in [-0.15, -0.1) is 0 Å². The quantitative estimate of drug-likeness (QED) is 0.578. The van der Waals surface area contributed by atoms with E-state index in [0.717, 1.165) is 11.1 Å². The number of carbonyl (C=O) groups is 1. The van der Waals surface area contributed by atoms with Crippen LogP contribution >= 0.6 is 0 Å². The van der Waals surface area contributed by atoms with E-state index in [1.54, 1.807) is 0 Å². The third-order valence-corrected chi connectivity index (χ3v) is 3.17. The lowest BCUT2D eigenvalue weighted by Gasteiger charge is -2.13. The minimum absolute atomic E-state index is 0.291. The first-order valence-corrected chi connectivity index (χ1v) is 6.89. The molecule has 0 aliphatic heterocycles. The third kappa shape index (κ3) is 5.38. The zero-order valence-corrected chi connectivity index (χ0v) is 11.7. The van der Waals surface area contributed by atoms with Crippen LogP contribution in [-0.4, -0.2) is 17.6 Å². The molecule has 0 bridgehead atoms. The van der Waals surface area contributed by atoms with Gasteiger partial charge in [0.25, 0.3) is 1.43 Å². The Balaban J connectivity index is 1.81. The zero-order chi connectivity index (χ0) is 15.6. The van der Waals surface area contributed by atoms with E-state index in [4.69, 9.17) is 6.27 Å². The minimum Gasteiger partial charge on any atom is -0.481 e. The van der Waals surface area contributed by atoms with Gasteiger partial charge in [-0.05, 0) is 17.5 Å². The maximum Gasteiger partial charge on any atom is 0.308 e. The van der Waals surface area contributed by atoms with E-state index in [0.29, 0.717) is 19.6 Å². The van der Waals surface area contributed by atoms with Gasteiger partial charge in [0.15, 0.2) is 0 Å². The monoisotopic (exact) mass is 286 g/mol. The summed E-state index contributed by atoms with van der Waals surface area (Å²) in [6.45, 7) is 0.703. The molecule has 1 unspecified atom stereocenters. The van der Waals surface area contributed by atoms with Crippen LogP contribution in [0.4, 0.5) is 0 Å². The number of hydrogen-bond donors (Lipinski definition) is 2. The van der Waals surface area contributed by atoms with Gasteiger partial charge in [0.05, 0.1) is 12.5 Å². The van der Waals surface area contributed by atoms with Gasteiger partial charge in [0.1, 0.15) is 0 Å². The highest BCUT2D eigenvalue weighted by Crippen LogP contribution is 2.08. The third-order valence-electron chi connectivity index (χ3n) is 3.17. The van der Waals surface area contributed by atoms with Crippen molar-refractivity contribution >= 4 is 5.97 Å². The summed E-state index contributed by atoms with van der Waals surface area (Å²) in [4.78, 5) is 17.0. The topological polar surface area (TPSA) is 58.6 Å². The number of nitrogens with one attached hydrogen (secondary N) is 1. The van der Waals surface area contributed by atoms with Gasteiger partial charge in [-0.2, -0.15) is 0 Å². The van der Waals surface area contributed by atoms with E-state index in [-0.39, 0.29) is 0 Å². The lowest BCUT2D eigenvalue weighted by Crippen LogP contribution is -2.30. The average molecular weight is 286 g/mol. The lowest BCUT2D eigenvalue weighted by molar-refractivity contribution is -0.142. The number of aliphatic carboxylic acids is 1.